The molecule has 4 rings (SSSR count). The van der Waals surface area contributed by atoms with Crippen LogP contribution >= 0.6 is 23.4 Å². The van der Waals surface area contributed by atoms with Crippen LogP contribution < -0.4 is 19.0 Å². The third kappa shape index (κ3) is 3.59. The molecule has 0 atom stereocenters. The first-order chi connectivity index (χ1) is 14.6. The van der Waals surface area contributed by atoms with Gasteiger partial charge in [0.1, 0.15) is 0 Å². The highest BCUT2D eigenvalue weighted by Crippen LogP contribution is 2.38. The second kappa shape index (κ2) is 8.53. The molecule has 0 aliphatic carbocycles. The van der Waals surface area contributed by atoms with Gasteiger partial charge in [-0.25, -0.2) is 0 Å². The Morgan fingerprint density at radius 1 is 1.07 bits per heavy atom. The minimum Gasteiger partial charge on any atom is -0.493 e. The van der Waals surface area contributed by atoms with E-state index in [4.69, 9.17) is 21.1 Å². The van der Waals surface area contributed by atoms with Crippen LogP contribution in [0.2, 0.25) is 5.02 Å². The molecule has 2 aromatic carbocycles. The van der Waals surface area contributed by atoms with Crippen LogP contribution in [0.5, 0.6) is 11.5 Å². The number of aromatic nitrogens is 4. The molecule has 0 fully saturated rings. The molecule has 0 N–H and O–H groups in total. The van der Waals surface area contributed by atoms with Crippen molar-refractivity contribution in [2.45, 2.75) is 19.0 Å². The van der Waals surface area contributed by atoms with Crippen molar-refractivity contribution in [2.75, 3.05) is 20.0 Å². The molecule has 0 bridgehead atoms. The Morgan fingerprint density at radius 3 is 2.50 bits per heavy atom. The van der Waals surface area contributed by atoms with Crippen LogP contribution in [0.15, 0.2) is 47.6 Å². The summed E-state index contributed by atoms with van der Waals surface area (Å²) in [5, 5.41) is 11.8. The quantitative estimate of drug-likeness (QED) is 0.322. The van der Waals surface area contributed by atoms with Crippen LogP contribution in [0.25, 0.3) is 28.0 Å². The fourth-order valence-electron chi connectivity index (χ4n) is 3.48. The summed E-state index contributed by atoms with van der Waals surface area (Å²) in [6, 6.07) is 13.7. The zero-order chi connectivity index (χ0) is 21.3. The molecule has 0 amide bonds. The largest absolute Gasteiger partial charge is 0.493 e. The summed E-state index contributed by atoms with van der Waals surface area (Å²) in [5.74, 6) is 2.69. The molecule has 0 aliphatic heterocycles. The highest BCUT2D eigenvalue weighted by Gasteiger charge is 2.20. The summed E-state index contributed by atoms with van der Waals surface area (Å²) in [5.41, 5.74) is 2.69. The summed E-state index contributed by atoms with van der Waals surface area (Å²) < 4.78 is 13.1. The van der Waals surface area contributed by atoms with Crippen molar-refractivity contribution in [3.8, 4) is 28.7 Å². The summed E-state index contributed by atoms with van der Waals surface area (Å²) >= 11 is 8.18. The van der Waals surface area contributed by atoms with Crippen LogP contribution in [0.1, 0.15) is 12.6 Å². The Balaban J connectivity index is 2.11. The number of hydrogen-bond acceptors (Lipinski definition) is 5. The Kier molecular flexibility index (Phi) is 5.83. The molecule has 4 aromatic rings. The maximum Gasteiger partial charge on any atom is 0.256 e. The van der Waals surface area contributed by atoms with Gasteiger partial charge in [0.25, 0.3) is 5.95 Å². The molecular weight excluding hydrogens is 420 g/mol. The Labute approximate surface area is 184 Å². The maximum absolute atomic E-state index is 6.63. The topological polar surface area (TPSA) is 62.2 Å². The lowest BCUT2D eigenvalue weighted by Crippen LogP contribution is -2.39. The number of halogens is 1. The highest BCUT2D eigenvalue weighted by molar-refractivity contribution is 7.99. The zero-order valence-corrected chi connectivity index (χ0v) is 18.7. The second-order valence-electron chi connectivity index (χ2n) is 6.57. The number of aryl methyl sites for hydroxylation is 1. The van der Waals surface area contributed by atoms with Gasteiger partial charge in [0.15, 0.2) is 11.5 Å². The van der Waals surface area contributed by atoms with Gasteiger partial charge in [-0.05, 0) is 42.3 Å². The van der Waals surface area contributed by atoms with Crippen molar-refractivity contribution in [3.63, 3.8) is 0 Å². The number of methoxy groups -OCH3 is 2. The lowest BCUT2D eigenvalue weighted by molar-refractivity contribution is -0.597. The van der Waals surface area contributed by atoms with Crippen molar-refractivity contribution < 1.29 is 14.0 Å². The van der Waals surface area contributed by atoms with Gasteiger partial charge in [0.05, 0.1) is 19.9 Å². The fourth-order valence-corrected chi connectivity index (χ4v) is 4.21. The van der Waals surface area contributed by atoms with E-state index in [0.717, 1.165) is 33.5 Å². The molecule has 30 heavy (non-hydrogen) atoms. The van der Waals surface area contributed by atoms with Crippen molar-refractivity contribution in [2.24, 2.45) is 0 Å². The van der Waals surface area contributed by atoms with Crippen LogP contribution in [-0.2, 0) is 0 Å². The van der Waals surface area contributed by atoms with Gasteiger partial charge in [-0.3, -0.25) is 4.57 Å². The number of nitrogens with zero attached hydrogens (tertiary/aromatic N) is 4. The normalized spacial score (nSPS) is 11.1. The van der Waals surface area contributed by atoms with Crippen LogP contribution in [0.3, 0.4) is 0 Å². The Morgan fingerprint density at radius 2 is 1.80 bits per heavy atom. The van der Waals surface area contributed by atoms with E-state index in [2.05, 4.69) is 28.2 Å². The third-order valence-electron chi connectivity index (χ3n) is 4.77. The van der Waals surface area contributed by atoms with Crippen LogP contribution in [0.4, 0.5) is 0 Å². The van der Waals surface area contributed by atoms with Gasteiger partial charge in [-0.15, -0.1) is 10.2 Å². The van der Waals surface area contributed by atoms with Gasteiger partial charge in [0.2, 0.25) is 5.16 Å². The van der Waals surface area contributed by atoms with Crippen molar-refractivity contribution in [1.29, 1.82) is 0 Å². The van der Waals surface area contributed by atoms with E-state index in [-0.39, 0.29) is 0 Å². The number of ether oxygens (including phenoxy) is 2. The maximum atomic E-state index is 6.63. The standard InChI is InChI=1S/C22H21ClN4O2S/c1-5-30-22-24-21(25-26-22)27-13(2)10-14-11-18(28-3)19(29-4)12-16(14)20(27)15-8-6-7-9-17(15)23/h6-12H,5H2,1-4H3. The van der Waals surface area contributed by atoms with E-state index < -0.39 is 0 Å². The van der Waals surface area contributed by atoms with Gasteiger partial charge in [0, 0.05) is 21.7 Å². The molecule has 0 radical (unpaired) electrons. The predicted molar refractivity (Wildman–Crippen MR) is 119 cm³/mol. The number of hydrogen-bond donors (Lipinski definition) is 0. The fraction of sp³-hybridized carbons (Fsp3) is 0.227. The zero-order valence-electron chi connectivity index (χ0n) is 17.1. The Bertz CT molecular complexity index is 1230. The third-order valence-corrected chi connectivity index (χ3v) is 5.82. The number of benzene rings is 2. The van der Waals surface area contributed by atoms with E-state index in [1.54, 1.807) is 26.0 Å². The molecule has 0 spiro atoms. The van der Waals surface area contributed by atoms with Gasteiger partial charge in [-0.1, -0.05) is 48.5 Å². The van der Waals surface area contributed by atoms with Crippen LogP contribution in [0, 0.1) is 6.92 Å². The first kappa shape index (κ1) is 20.5. The molecular formula is C22H21ClN4O2S. The summed E-state index contributed by atoms with van der Waals surface area (Å²) in [4.78, 5) is 4.63. The van der Waals surface area contributed by atoms with E-state index in [1.807, 2.05) is 47.9 Å². The monoisotopic (exact) mass is 440 g/mol. The van der Waals surface area contributed by atoms with E-state index in [0.29, 0.717) is 27.6 Å². The van der Waals surface area contributed by atoms with Gasteiger partial charge < -0.3 is 9.47 Å². The minimum atomic E-state index is 0.509. The van der Waals surface area contributed by atoms with Crippen molar-refractivity contribution in [3.05, 3.63) is 53.2 Å². The molecule has 0 unspecified atom stereocenters. The molecule has 0 aliphatic rings. The van der Waals surface area contributed by atoms with Crippen LogP contribution in [-0.4, -0.2) is 30.2 Å². The van der Waals surface area contributed by atoms with E-state index in [9.17, 15) is 0 Å². The average Bonchev–Trinajstić information content (AvgIpc) is 3.20. The second-order valence-corrected chi connectivity index (χ2v) is 8.21. The first-order valence-corrected chi connectivity index (χ1v) is 10.8. The molecule has 8 heteroatoms. The average molecular weight is 441 g/mol. The molecule has 6 nitrogen and oxygen atoms in total. The summed E-state index contributed by atoms with van der Waals surface area (Å²) in [6.45, 7) is 4.07. The number of pyridine rings is 1. The molecule has 154 valence electrons. The summed E-state index contributed by atoms with van der Waals surface area (Å²) in [6.07, 6.45) is 0. The first-order valence-electron chi connectivity index (χ1n) is 9.44. The smallest absolute Gasteiger partial charge is 0.256 e. The number of fused-ring (bicyclic) bond motifs is 1. The molecule has 0 saturated carbocycles. The summed E-state index contributed by atoms with van der Waals surface area (Å²) in [7, 11) is 3.25. The Hall–Kier alpha value is -2.77. The van der Waals surface area contributed by atoms with E-state index in [1.165, 1.54) is 0 Å². The lowest BCUT2D eigenvalue weighted by Gasteiger charge is -2.20. The van der Waals surface area contributed by atoms with Gasteiger partial charge in [-0.2, -0.15) is 4.98 Å². The number of thioether (sulfide) groups is 1. The SMILES string of the molecule is CCSc1nnc(-[n+]2c(C)cc3cc(OC)c(OC)cc3c2-c2ccccc2Cl)[n-]1. The predicted octanol–water partition coefficient (Wildman–Crippen LogP) is 4.62. The molecule has 2 heterocycles. The number of rotatable bonds is 6. The van der Waals surface area contributed by atoms with E-state index >= 15 is 0 Å². The highest BCUT2D eigenvalue weighted by atomic mass is 35.5. The van der Waals surface area contributed by atoms with Gasteiger partial charge >= 0.3 is 0 Å². The minimum absolute atomic E-state index is 0.509. The van der Waals surface area contributed by atoms with Crippen molar-refractivity contribution >= 4 is 34.1 Å². The molecule has 2 aromatic heterocycles. The lowest BCUT2D eigenvalue weighted by atomic mass is 10.0. The van der Waals surface area contributed by atoms with Crippen molar-refractivity contribution in [1.82, 2.24) is 15.2 Å². The molecule has 0 saturated heterocycles.